The van der Waals surface area contributed by atoms with E-state index in [1.807, 2.05) is 0 Å². The van der Waals surface area contributed by atoms with Crippen molar-refractivity contribution in [2.75, 3.05) is 6.61 Å². The van der Waals surface area contributed by atoms with Crippen molar-refractivity contribution < 1.29 is 35.9 Å². The summed E-state index contributed by atoms with van der Waals surface area (Å²) < 4.78 is 82.6. The molecule has 0 atom stereocenters. The second-order valence-electron chi connectivity index (χ2n) is 8.02. The third-order valence-corrected chi connectivity index (χ3v) is 4.79. The SMILES string of the molecule is CC(C)C(=O)NCc1ccc(C(F)(F)F)c(-c2nc(-c3ccc(OCC(F)(F)F)nc3)cc(=O)[nH]2)c1. The number of hydrogen-bond acceptors (Lipinski definition) is 5. The molecule has 0 radical (unpaired) electrons. The highest BCUT2D eigenvalue weighted by Gasteiger charge is 2.34. The number of rotatable bonds is 7. The first-order valence-electron chi connectivity index (χ1n) is 10.5. The number of aromatic amines is 1. The zero-order chi connectivity index (χ0) is 26.7. The summed E-state index contributed by atoms with van der Waals surface area (Å²) in [5.41, 5.74) is -1.80. The lowest BCUT2D eigenvalue weighted by molar-refractivity contribution is -0.154. The molecule has 0 aliphatic rings. The zero-order valence-electron chi connectivity index (χ0n) is 18.9. The van der Waals surface area contributed by atoms with Crippen molar-refractivity contribution >= 4 is 5.91 Å². The molecule has 0 aliphatic heterocycles. The summed E-state index contributed by atoms with van der Waals surface area (Å²) in [7, 11) is 0. The van der Waals surface area contributed by atoms with Gasteiger partial charge < -0.3 is 15.0 Å². The minimum atomic E-state index is -4.78. The van der Waals surface area contributed by atoms with Crippen LogP contribution < -0.4 is 15.6 Å². The van der Waals surface area contributed by atoms with Crippen molar-refractivity contribution in [2.24, 2.45) is 5.92 Å². The number of H-pyrrole nitrogens is 1. The molecule has 0 unspecified atom stereocenters. The number of alkyl halides is 6. The number of nitrogens with zero attached hydrogens (tertiary/aromatic N) is 2. The molecule has 3 aromatic rings. The summed E-state index contributed by atoms with van der Waals surface area (Å²) in [5, 5.41) is 2.61. The molecule has 1 amide bonds. The minimum absolute atomic E-state index is 0.0462. The highest BCUT2D eigenvalue weighted by atomic mass is 19.4. The van der Waals surface area contributed by atoms with Crippen LogP contribution >= 0.6 is 0 Å². The van der Waals surface area contributed by atoms with Crippen LogP contribution in [-0.4, -0.2) is 33.6 Å². The third kappa shape index (κ3) is 7.06. The molecule has 13 heteroatoms. The summed E-state index contributed by atoms with van der Waals surface area (Å²) in [6, 6.07) is 6.59. The van der Waals surface area contributed by atoms with Gasteiger partial charge in [-0.3, -0.25) is 9.59 Å². The van der Waals surface area contributed by atoms with Crippen LogP contribution in [0.3, 0.4) is 0 Å². The van der Waals surface area contributed by atoms with E-state index in [0.717, 1.165) is 30.5 Å². The van der Waals surface area contributed by atoms with Gasteiger partial charge in [-0.25, -0.2) is 9.97 Å². The van der Waals surface area contributed by atoms with Crippen LogP contribution in [0.2, 0.25) is 0 Å². The average molecular weight is 514 g/mol. The molecule has 0 bridgehead atoms. The number of pyridine rings is 1. The van der Waals surface area contributed by atoms with Gasteiger partial charge >= 0.3 is 12.4 Å². The number of ether oxygens (including phenoxy) is 1. The molecule has 2 N–H and O–H groups in total. The predicted octanol–water partition coefficient (Wildman–Crippen LogP) is 4.73. The van der Waals surface area contributed by atoms with Gasteiger partial charge in [0.05, 0.1) is 11.3 Å². The van der Waals surface area contributed by atoms with E-state index >= 15 is 0 Å². The maximum Gasteiger partial charge on any atom is 0.422 e. The Morgan fingerprint density at radius 1 is 1.08 bits per heavy atom. The Morgan fingerprint density at radius 3 is 2.39 bits per heavy atom. The standard InChI is InChI=1S/C23H20F6N4O3/c1-12(2)21(35)31-9-13-3-5-16(23(27,28)29)15(7-13)20-32-17(8-18(34)33-20)14-4-6-19(30-10-14)36-11-22(24,25)26/h3-8,10,12H,9,11H2,1-2H3,(H,31,35)(H,32,33,34). The van der Waals surface area contributed by atoms with Gasteiger partial charge in [0.2, 0.25) is 11.8 Å². The maximum absolute atomic E-state index is 13.7. The van der Waals surface area contributed by atoms with Crippen molar-refractivity contribution in [3.05, 3.63) is 64.1 Å². The van der Waals surface area contributed by atoms with Crippen LogP contribution in [0.1, 0.15) is 25.0 Å². The monoisotopic (exact) mass is 514 g/mol. The smallest absolute Gasteiger partial charge is 0.422 e. The fraction of sp³-hybridized carbons (Fsp3) is 0.304. The van der Waals surface area contributed by atoms with Crippen molar-refractivity contribution in [3.8, 4) is 28.5 Å². The number of nitrogens with one attached hydrogen (secondary N) is 2. The molecule has 0 saturated carbocycles. The molecule has 192 valence electrons. The molecular weight excluding hydrogens is 494 g/mol. The topological polar surface area (TPSA) is 97.0 Å². The summed E-state index contributed by atoms with van der Waals surface area (Å²) >= 11 is 0. The summed E-state index contributed by atoms with van der Waals surface area (Å²) in [4.78, 5) is 34.2. The molecule has 7 nitrogen and oxygen atoms in total. The van der Waals surface area contributed by atoms with Gasteiger partial charge in [-0.1, -0.05) is 19.9 Å². The van der Waals surface area contributed by atoms with E-state index < -0.39 is 35.6 Å². The number of aromatic nitrogens is 3. The Labute approximate surface area is 200 Å². The van der Waals surface area contributed by atoms with Crippen molar-refractivity contribution in [2.45, 2.75) is 32.7 Å². The Morgan fingerprint density at radius 2 is 1.81 bits per heavy atom. The number of hydrogen-bond donors (Lipinski definition) is 2. The van der Waals surface area contributed by atoms with E-state index in [1.54, 1.807) is 13.8 Å². The summed E-state index contributed by atoms with van der Waals surface area (Å²) in [6.45, 7) is 1.73. The summed E-state index contributed by atoms with van der Waals surface area (Å²) in [5.74, 6) is -1.34. The van der Waals surface area contributed by atoms with Crippen molar-refractivity contribution in [3.63, 3.8) is 0 Å². The van der Waals surface area contributed by atoms with E-state index in [9.17, 15) is 35.9 Å². The van der Waals surface area contributed by atoms with Gasteiger partial charge in [-0.2, -0.15) is 26.3 Å². The van der Waals surface area contributed by atoms with Gasteiger partial charge in [0.25, 0.3) is 5.56 Å². The molecule has 0 aliphatic carbocycles. The van der Waals surface area contributed by atoms with Crippen LogP contribution in [-0.2, 0) is 17.5 Å². The van der Waals surface area contributed by atoms with E-state index in [2.05, 4.69) is 25.0 Å². The van der Waals surface area contributed by atoms with Gasteiger partial charge in [-0.15, -0.1) is 0 Å². The van der Waals surface area contributed by atoms with Crippen molar-refractivity contribution in [1.82, 2.24) is 20.3 Å². The maximum atomic E-state index is 13.7. The second kappa shape index (κ2) is 10.4. The number of benzene rings is 1. The summed E-state index contributed by atoms with van der Waals surface area (Å²) in [6.07, 6.45) is -8.26. The lowest BCUT2D eigenvalue weighted by Crippen LogP contribution is -2.27. The van der Waals surface area contributed by atoms with E-state index in [1.165, 1.54) is 12.1 Å². The van der Waals surface area contributed by atoms with E-state index in [4.69, 9.17) is 0 Å². The number of amides is 1. The first-order valence-corrected chi connectivity index (χ1v) is 10.5. The van der Waals surface area contributed by atoms with Crippen LogP contribution in [0.4, 0.5) is 26.3 Å². The largest absolute Gasteiger partial charge is 0.468 e. The molecule has 0 spiro atoms. The van der Waals surface area contributed by atoms with E-state index in [-0.39, 0.29) is 41.3 Å². The third-order valence-electron chi connectivity index (χ3n) is 4.79. The first-order chi connectivity index (χ1) is 16.7. The minimum Gasteiger partial charge on any atom is -0.468 e. The fourth-order valence-electron chi connectivity index (χ4n) is 3.04. The number of halogens is 6. The lowest BCUT2D eigenvalue weighted by atomic mass is 10.0. The Hall–Kier alpha value is -3.90. The van der Waals surface area contributed by atoms with Crippen LogP contribution in [0, 0.1) is 5.92 Å². The van der Waals surface area contributed by atoms with Gasteiger partial charge in [-0.05, 0) is 23.8 Å². The molecule has 1 aromatic carbocycles. The zero-order valence-corrected chi connectivity index (χ0v) is 18.9. The lowest BCUT2D eigenvalue weighted by Gasteiger charge is -2.15. The Kier molecular flexibility index (Phi) is 7.70. The molecule has 2 heterocycles. The molecule has 36 heavy (non-hydrogen) atoms. The van der Waals surface area contributed by atoms with E-state index in [0.29, 0.717) is 5.56 Å². The molecule has 2 aromatic heterocycles. The number of carbonyl (C=O) groups excluding carboxylic acids is 1. The van der Waals surface area contributed by atoms with Gasteiger partial charge in [0.1, 0.15) is 5.82 Å². The highest BCUT2D eigenvalue weighted by Crippen LogP contribution is 2.36. The van der Waals surface area contributed by atoms with Gasteiger partial charge in [0, 0.05) is 41.9 Å². The average Bonchev–Trinajstić information content (AvgIpc) is 2.79. The Bertz CT molecular complexity index is 1280. The van der Waals surface area contributed by atoms with Crippen LogP contribution in [0.15, 0.2) is 47.4 Å². The quantitative estimate of drug-likeness (QED) is 0.445. The predicted molar refractivity (Wildman–Crippen MR) is 117 cm³/mol. The molecule has 3 rings (SSSR count). The van der Waals surface area contributed by atoms with Crippen LogP contribution in [0.5, 0.6) is 5.88 Å². The van der Waals surface area contributed by atoms with Gasteiger partial charge in [0.15, 0.2) is 6.61 Å². The molecule has 0 saturated heterocycles. The molecular formula is C23H20F6N4O3. The van der Waals surface area contributed by atoms with Crippen molar-refractivity contribution in [1.29, 1.82) is 0 Å². The fourth-order valence-corrected chi connectivity index (χ4v) is 3.04. The van der Waals surface area contributed by atoms with Crippen LogP contribution in [0.25, 0.3) is 22.6 Å². The molecule has 0 fully saturated rings. The first kappa shape index (κ1) is 26.7. The highest BCUT2D eigenvalue weighted by molar-refractivity contribution is 5.78. The second-order valence-corrected chi connectivity index (χ2v) is 8.02. The Balaban J connectivity index is 1.98. The normalized spacial score (nSPS) is 12.0. The number of carbonyl (C=O) groups is 1.